The lowest BCUT2D eigenvalue weighted by Gasteiger charge is -2.11. The van der Waals surface area contributed by atoms with E-state index in [1.54, 1.807) is 0 Å². The molecule has 1 rings (SSSR count). The molecule has 0 saturated carbocycles. The summed E-state index contributed by atoms with van der Waals surface area (Å²) in [6, 6.07) is 1.38. The van der Waals surface area contributed by atoms with E-state index in [-0.39, 0.29) is 18.2 Å². The molecule has 0 aliphatic carbocycles. The van der Waals surface area contributed by atoms with Gasteiger partial charge in [-0.15, -0.1) is 0 Å². The molecule has 0 aromatic carbocycles. The smallest absolute Gasteiger partial charge is 0.257 e. The number of aliphatic hydroxyl groups is 1. The largest absolute Gasteiger partial charge is 0.389 e. The molecule has 1 unspecified atom stereocenters. The van der Waals surface area contributed by atoms with Crippen LogP contribution in [0.5, 0.6) is 0 Å². The van der Waals surface area contributed by atoms with Crippen molar-refractivity contribution in [3.05, 3.63) is 12.3 Å². The fraction of sp³-hybridized carbons (Fsp3) is 0.625. The molecular formula is C8H15N3O4S. The molecule has 0 spiro atoms. The summed E-state index contributed by atoms with van der Waals surface area (Å²) in [5.74, 6) is 0. The maximum atomic E-state index is 11.7. The third-order valence-electron chi connectivity index (χ3n) is 1.92. The summed E-state index contributed by atoms with van der Waals surface area (Å²) in [6.07, 6.45) is 0.521. The maximum Gasteiger partial charge on any atom is 0.257 e. The molecule has 0 aliphatic heterocycles. The number of hydrogen-bond donors (Lipinski definition) is 2. The van der Waals surface area contributed by atoms with Crippen molar-refractivity contribution >= 4 is 10.0 Å². The molecule has 16 heavy (non-hydrogen) atoms. The third kappa shape index (κ3) is 3.27. The first kappa shape index (κ1) is 13.1. The Kier molecular flexibility index (Phi) is 4.42. The second-order valence-electron chi connectivity index (χ2n) is 3.25. The van der Waals surface area contributed by atoms with Crippen LogP contribution in [0.1, 0.15) is 0 Å². The molecule has 0 bridgehead atoms. The highest BCUT2D eigenvalue weighted by molar-refractivity contribution is 7.89. The molecule has 0 amide bonds. The van der Waals surface area contributed by atoms with Crippen LogP contribution in [0.25, 0.3) is 0 Å². The number of aromatic nitrogens is 2. The van der Waals surface area contributed by atoms with Gasteiger partial charge in [0.15, 0.2) is 5.03 Å². The topological polar surface area (TPSA) is 93.4 Å². The van der Waals surface area contributed by atoms with Crippen LogP contribution < -0.4 is 4.72 Å². The number of sulfonamides is 1. The van der Waals surface area contributed by atoms with E-state index < -0.39 is 16.1 Å². The van der Waals surface area contributed by atoms with E-state index in [0.29, 0.717) is 0 Å². The predicted octanol–water partition coefficient (Wildman–Crippen LogP) is -1.29. The average Bonchev–Trinajstić information content (AvgIpc) is 2.63. The van der Waals surface area contributed by atoms with Gasteiger partial charge in [-0.2, -0.15) is 5.10 Å². The quantitative estimate of drug-likeness (QED) is 0.654. The van der Waals surface area contributed by atoms with Gasteiger partial charge < -0.3 is 9.84 Å². The zero-order chi connectivity index (χ0) is 12.2. The van der Waals surface area contributed by atoms with Crippen molar-refractivity contribution in [3.63, 3.8) is 0 Å². The van der Waals surface area contributed by atoms with Gasteiger partial charge in [-0.3, -0.25) is 4.68 Å². The van der Waals surface area contributed by atoms with E-state index in [0.717, 1.165) is 0 Å². The molecule has 8 heteroatoms. The number of nitrogens with zero attached hydrogens (tertiary/aromatic N) is 2. The van der Waals surface area contributed by atoms with E-state index in [4.69, 9.17) is 0 Å². The first-order valence-electron chi connectivity index (χ1n) is 4.62. The Morgan fingerprint density at radius 2 is 2.38 bits per heavy atom. The molecule has 1 heterocycles. The van der Waals surface area contributed by atoms with Crippen molar-refractivity contribution in [3.8, 4) is 0 Å². The molecule has 0 radical (unpaired) electrons. The Balaban J connectivity index is 2.63. The predicted molar refractivity (Wildman–Crippen MR) is 56.3 cm³/mol. The van der Waals surface area contributed by atoms with E-state index in [1.165, 1.54) is 31.1 Å². The molecule has 1 atom stereocenters. The van der Waals surface area contributed by atoms with Crippen molar-refractivity contribution in [1.29, 1.82) is 0 Å². The highest BCUT2D eigenvalue weighted by atomic mass is 32.2. The van der Waals surface area contributed by atoms with E-state index in [9.17, 15) is 13.5 Å². The summed E-state index contributed by atoms with van der Waals surface area (Å²) in [6.45, 7) is -0.0186. The van der Waals surface area contributed by atoms with Crippen molar-refractivity contribution in [1.82, 2.24) is 14.5 Å². The van der Waals surface area contributed by atoms with Gasteiger partial charge in [-0.25, -0.2) is 13.1 Å². The average molecular weight is 249 g/mol. The minimum Gasteiger partial charge on any atom is -0.389 e. The van der Waals surface area contributed by atoms with Crippen LogP contribution in [-0.2, 0) is 21.8 Å². The van der Waals surface area contributed by atoms with Gasteiger partial charge in [0.1, 0.15) is 0 Å². The van der Waals surface area contributed by atoms with E-state index >= 15 is 0 Å². The van der Waals surface area contributed by atoms with Crippen molar-refractivity contribution in [2.45, 2.75) is 11.1 Å². The zero-order valence-corrected chi connectivity index (χ0v) is 9.94. The Hall–Kier alpha value is -0.960. The van der Waals surface area contributed by atoms with Gasteiger partial charge in [0, 0.05) is 20.7 Å². The van der Waals surface area contributed by atoms with E-state index in [1.807, 2.05) is 0 Å². The van der Waals surface area contributed by atoms with Gasteiger partial charge in [-0.1, -0.05) is 0 Å². The summed E-state index contributed by atoms with van der Waals surface area (Å²) in [7, 11) is -0.669. The second-order valence-corrected chi connectivity index (χ2v) is 4.97. The highest BCUT2D eigenvalue weighted by Crippen LogP contribution is 2.05. The number of ether oxygens (including phenoxy) is 1. The Labute approximate surface area is 94.1 Å². The minimum absolute atomic E-state index is 0.0529. The molecule has 7 nitrogen and oxygen atoms in total. The van der Waals surface area contributed by atoms with Gasteiger partial charge >= 0.3 is 0 Å². The SMILES string of the molecule is COCC(O)CNS(=O)(=O)c1ccnn1C. The lowest BCUT2D eigenvalue weighted by Crippen LogP contribution is -2.35. The lowest BCUT2D eigenvalue weighted by molar-refractivity contribution is 0.0679. The number of aryl methyl sites for hydroxylation is 1. The van der Waals surface area contributed by atoms with Gasteiger partial charge in [0.05, 0.1) is 18.9 Å². The standard InChI is InChI=1S/C8H15N3O4S/c1-11-8(3-4-9-11)16(13,14)10-5-7(12)6-15-2/h3-4,7,10,12H,5-6H2,1-2H3. The van der Waals surface area contributed by atoms with Crippen LogP contribution in [0.15, 0.2) is 17.3 Å². The Morgan fingerprint density at radius 1 is 1.69 bits per heavy atom. The summed E-state index contributed by atoms with van der Waals surface area (Å²) < 4.78 is 31.6. The number of rotatable bonds is 6. The molecule has 1 aromatic heterocycles. The fourth-order valence-corrected chi connectivity index (χ4v) is 2.35. The van der Waals surface area contributed by atoms with Gasteiger partial charge in [0.2, 0.25) is 0 Å². The van der Waals surface area contributed by atoms with Crippen LogP contribution in [-0.4, -0.2) is 49.7 Å². The van der Waals surface area contributed by atoms with Crippen LogP contribution in [0.2, 0.25) is 0 Å². The summed E-state index contributed by atoms with van der Waals surface area (Å²) in [5.41, 5.74) is 0. The molecule has 2 N–H and O–H groups in total. The number of nitrogens with one attached hydrogen (secondary N) is 1. The molecule has 0 fully saturated rings. The lowest BCUT2D eigenvalue weighted by atomic mass is 10.4. The molecule has 1 aromatic rings. The number of methoxy groups -OCH3 is 1. The van der Waals surface area contributed by atoms with Crippen molar-refractivity contribution in [2.75, 3.05) is 20.3 Å². The monoisotopic (exact) mass is 249 g/mol. The Bertz CT molecular complexity index is 428. The van der Waals surface area contributed by atoms with Crippen molar-refractivity contribution in [2.24, 2.45) is 7.05 Å². The summed E-state index contributed by atoms with van der Waals surface area (Å²) in [5, 5.41) is 13.1. The first-order valence-corrected chi connectivity index (χ1v) is 6.10. The second kappa shape index (κ2) is 5.39. The summed E-state index contributed by atoms with van der Waals surface area (Å²) >= 11 is 0. The molecular weight excluding hydrogens is 234 g/mol. The van der Waals surface area contributed by atoms with Crippen molar-refractivity contribution < 1.29 is 18.3 Å². The van der Waals surface area contributed by atoms with Crippen LogP contribution >= 0.6 is 0 Å². The number of hydrogen-bond acceptors (Lipinski definition) is 5. The molecule has 92 valence electrons. The third-order valence-corrected chi connectivity index (χ3v) is 3.42. The highest BCUT2D eigenvalue weighted by Gasteiger charge is 2.18. The van der Waals surface area contributed by atoms with Crippen LogP contribution in [0.3, 0.4) is 0 Å². The van der Waals surface area contributed by atoms with Gasteiger partial charge in [-0.05, 0) is 6.07 Å². The fourth-order valence-electron chi connectivity index (χ4n) is 1.16. The molecule has 0 aliphatic rings. The maximum absolute atomic E-state index is 11.7. The first-order chi connectivity index (χ1) is 7.47. The molecule has 0 saturated heterocycles. The van der Waals surface area contributed by atoms with Crippen LogP contribution in [0, 0.1) is 0 Å². The zero-order valence-electron chi connectivity index (χ0n) is 9.12. The van der Waals surface area contributed by atoms with Gasteiger partial charge in [0.25, 0.3) is 10.0 Å². The normalized spacial score (nSPS) is 13.9. The minimum atomic E-state index is -3.63. The Morgan fingerprint density at radius 3 is 2.88 bits per heavy atom. The summed E-state index contributed by atoms with van der Waals surface area (Å²) in [4.78, 5) is 0. The van der Waals surface area contributed by atoms with Crippen LogP contribution in [0.4, 0.5) is 0 Å². The number of aliphatic hydroxyl groups excluding tert-OH is 1. The van der Waals surface area contributed by atoms with E-state index in [2.05, 4.69) is 14.6 Å².